The zero-order valence-electron chi connectivity index (χ0n) is 7.64. The molecule has 1 aromatic rings. The summed E-state index contributed by atoms with van der Waals surface area (Å²) in [5.74, 6) is -0.0625. The summed E-state index contributed by atoms with van der Waals surface area (Å²) in [7, 11) is 0. The topological polar surface area (TPSA) is 44.9 Å². The first kappa shape index (κ1) is 8.84. The van der Waals surface area contributed by atoms with Gasteiger partial charge in [0.2, 0.25) is 0 Å². The average molecular weight is 166 g/mol. The molecule has 1 amide bonds. The summed E-state index contributed by atoms with van der Waals surface area (Å²) in [6, 6.07) is 3.55. The van der Waals surface area contributed by atoms with Crippen LogP contribution in [-0.2, 0) is 0 Å². The predicted octanol–water partition coefficient (Wildman–Crippen LogP) is 1.54. The van der Waals surface area contributed by atoms with E-state index in [0.717, 1.165) is 0 Å². The molecule has 3 nitrogen and oxygen atoms in total. The highest BCUT2D eigenvalue weighted by Crippen LogP contribution is 2.01. The van der Waals surface area contributed by atoms with Crippen molar-refractivity contribution in [1.29, 1.82) is 0 Å². The van der Waals surface area contributed by atoms with Crippen LogP contribution in [0, 0.1) is 0 Å². The predicted molar refractivity (Wildman–Crippen MR) is 48.0 cm³/mol. The highest BCUT2D eigenvalue weighted by molar-refractivity contribution is 5.92. The Hall–Kier alpha value is -1.25. The summed E-state index contributed by atoms with van der Waals surface area (Å²) in [5.41, 5.74) is 0.423. The van der Waals surface area contributed by atoms with E-state index in [4.69, 9.17) is 0 Å². The Morgan fingerprint density at radius 1 is 1.50 bits per heavy atom. The van der Waals surface area contributed by atoms with Crippen molar-refractivity contribution >= 4 is 5.91 Å². The van der Waals surface area contributed by atoms with E-state index in [2.05, 4.69) is 10.3 Å². The normalized spacial score (nSPS) is 11.2. The first-order valence-corrected chi connectivity index (χ1v) is 3.95. The van der Waals surface area contributed by atoms with Crippen molar-refractivity contribution in [2.45, 2.75) is 26.3 Å². The minimum atomic E-state index is -0.178. The van der Waals surface area contributed by atoms with Crippen molar-refractivity contribution in [2.24, 2.45) is 0 Å². The molecule has 0 aromatic carbocycles. The highest BCUT2D eigenvalue weighted by atomic mass is 16.2. The van der Waals surface area contributed by atoms with Gasteiger partial charge < -0.3 is 10.3 Å². The van der Waals surface area contributed by atoms with Gasteiger partial charge in [0, 0.05) is 11.7 Å². The molecule has 0 saturated heterocycles. The molecule has 0 aliphatic carbocycles. The number of nitrogens with one attached hydrogen (secondary N) is 2. The van der Waals surface area contributed by atoms with E-state index in [0.29, 0.717) is 5.69 Å². The van der Waals surface area contributed by atoms with E-state index in [1.54, 1.807) is 18.3 Å². The fourth-order valence-electron chi connectivity index (χ4n) is 0.880. The molecule has 66 valence electrons. The maximum absolute atomic E-state index is 11.4. The molecule has 0 spiro atoms. The molecule has 0 aliphatic heterocycles. The van der Waals surface area contributed by atoms with Gasteiger partial charge in [-0.05, 0) is 32.9 Å². The number of aromatic amines is 1. The SMILES string of the molecule is CC(C)(C)NC(=O)c1ccc[nH]1. The van der Waals surface area contributed by atoms with Crippen LogP contribution in [0.15, 0.2) is 18.3 Å². The van der Waals surface area contributed by atoms with Crippen LogP contribution in [0.2, 0.25) is 0 Å². The largest absolute Gasteiger partial charge is 0.357 e. The molecule has 0 aliphatic rings. The van der Waals surface area contributed by atoms with Gasteiger partial charge in [0.1, 0.15) is 5.69 Å². The van der Waals surface area contributed by atoms with Crippen molar-refractivity contribution < 1.29 is 4.79 Å². The third kappa shape index (κ3) is 2.42. The van der Waals surface area contributed by atoms with Gasteiger partial charge in [-0.25, -0.2) is 0 Å². The van der Waals surface area contributed by atoms with Gasteiger partial charge in [0.25, 0.3) is 5.91 Å². The summed E-state index contributed by atoms with van der Waals surface area (Å²) < 4.78 is 0. The Kier molecular flexibility index (Phi) is 2.22. The molecule has 12 heavy (non-hydrogen) atoms. The first-order chi connectivity index (χ1) is 5.49. The summed E-state index contributed by atoms with van der Waals surface area (Å²) in [6.45, 7) is 5.86. The third-order valence-corrected chi connectivity index (χ3v) is 1.33. The number of hydrogen-bond donors (Lipinski definition) is 2. The molecule has 0 atom stereocenters. The molecule has 0 unspecified atom stereocenters. The van der Waals surface area contributed by atoms with Crippen molar-refractivity contribution in [3.8, 4) is 0 Å². The van der Waals surface area contributed by atoms with Gasteiger partial charge in [-0.2, -0.15) is 0 Å². The van der Waals surface area contributed by atoms with Crippen molar-refractivity contribution in [1.82, 2.24) is 10.3 Å². The first-order valence-electron chi connectivity index (χ1n) is 3.95. The fourth-order valence-corrected chi connectivity index (χ4v) is 0.880. The second-order valence-electron chi connectivity index (χ2n) is 3.79. The van der Waals surface area contributed by atoms with E-state index in [9.17, 15) is 4.79 Å². The van der Waals surface area contributed by atoms with Crippen LogP contribution in [0.25, 0.3) is 0 Å². The Morgan fingerprint density at radius 3 is 2.58 bits per heavy atom. The molecule has 0 radical (unpaired) electrons. The second-order valence-corrected chi connectivity index (χ2v) is 3.79. The summed E-state index contributed by atoms with van der Waals surface area (Å²) in [4.78, 5) is 14.2. The molecule has 0 saturated carbocycles. The van der Waals surface area contributed by atoms with Gasteiger partial charge in [0.05, 0.1) is 0 Å². The Labute approximate surface area is 72.2 Å². The molecule has 1 rings (SSSR count). The van der Waals surface area contributed by atoms with Crippen LogP contribution < -0.4 is 5.32 Å². The third-order valence-electron chi connectivity index (χ3n) is 1.33. The maximum atomic E-state index is 11.4. The lowest BCUT2D eigenvalue weighted by atomic mass is 10.1. The lowest BCUT2D eigenvalue weighted by molar-refractivity contribution is 0.0915. The summed E-state index contributed by atoms with van der Waals surface area (Å²) in [5, 5.41) is 2.85. The van der Waals surface area contributed by atoms with Gasteiger partial charge in [0.15, 0.2) is 0 Å². The smallest absolute Gasteiger partial charge is 0.268 e. The van der Waals surface area contributed by atoms with Gasteiger partial charge >= 0.3 is 0 Å². The van der Waals surface area contributed by atoms with Gasteiger partial charge in [-0.3, -0.25) is 4.79 Å². The molecule has 3 heteroatoms. The Bertz CT molecular complexity index is 257. The quantitative estimate of drug-likeness (QED) is 0.653. The van der Waals surface area contributed by atoms with E-state index in [1.807, 2.05) is 20.8 Å². The number of rotatable bonds is 1. The van der Waals surface area contributed by atoms with E-state index >= 15 is 0 Å². The van der Waals surface area contributed by atoms with Crippen molar-refractivity contribution in [2.75, 3.05) is 0 Å². The van der Waals surface area contributed by atoms with Crippen LogP contribution in [0.3, 0.4) is 0 Å². The average Bonchev–Trinajstić information content (AvgIpc) is 2.32. The summed E-state index contributed by atoms with van der Waals surface area (Å²) >= 11 is 0. The number of carbonyl (C=O) groups excluding carboxylic acids is 1. The molecule has 0 fully saturated rings. The van der Waals surface area contributed by atoms with Gasteiger partial charge in [-0.15, -0.1) is 0 Å². The van der Waals surface area contributed by atoms with Gasteiger partial charge in [-0.1, -0.05) is 0 Å². The Morgan fingerprint density at radius 2 is 2.17 bits per heavy atom. The van der Waals surface area contributed by atoms with Crippen LogP contribution in [0.5, 0.6) is 0 Å². The molecule has 1 aromatic heterocycles. The van der Waals surface area contributed by atoms with Crippen molar-refractivity contribution in [3.05, 3.63) is 24.0 Å². The fraction of sp³-hybridized carbons (Fsp3) is 0.444. The lowest BCUT2D eigenvalue weighted by Gasteiger charge is -2.19. The summed E-state index contributed by atoms with van der Waals surface area (Å²) in [6.07, 6.45) is 1.73. The van der Waals surface area contributed by atoms with E-state index < -0.39 is 0 Å². The molecule has 2 N–H and O–H groups in total. The van der Waals surface area contributed by atoms with E-state index in [-0.39, 0.29) is 11.4 Å². The zero-order valence-corrected chi connectivity index (χ0v) is 7.64. The number of hydrogen-bond acceptors (Lipinski definition) is 1. The van der Waals surface area contributed by atoms with Crippen molar-refractivity contribution in [3.63, 3.8) is 0 Å². The number of amides is 1. The number of carbonyl (C=O) groups is 1. The minimum Gasteiger partial charge on any atom is -0.357 e. The number of aromatic nitrogens is 1. The highest BCUT2D eigenvalue weighted by Gasteiger charge is 2.14. The monoisotopic (exact) mass is 166 g/mol. The zero-order chi connectivity index (χ0) is 9.19. The second kappa shape index (κ2) is 3.01. The van der Waals surface area contributed by atoms with Crippen LogP contribution in [0.4, 0.5) is 0 Å². The molecular weight excluding hydrogens is 152 g/mol. The van der Waals surface area contributed by atoms with Crippen LogP contribution >= 0.6 is 0 Å². The molecule has 0 bridgehead atoms. The Balaban J connectivity index is 2.63. The van der Waals surface area contributed by atoms with E-state index in [1.165, 1.54) is 0 Å². The van der Waals surface area contributed by atoms with Crippen LogP contribution in [0.1, 0.15) is 31.3 Å². The minimum absolute atomic E-state index is 0.0625. The molecule has 1 heterocycles. The standard InChI is InChI=1S/C9H14N2O/c1-9(2,3)11-8(12)7-5-4-6-10-7/h4-6,10H,1-3H3,(H,11,12). The maximum Gasteiger partial charge on any atom is 0.268 e. The molecular formula is C9H14N2O. The lowest BCUT2D eigenvalue weighted by Crippen LogP contribution is -2.40. The number of H-pyrrole nitrogens is 1. The van der Waals surface area contributed by atoms with Crippen LogP contribution in [-0.4, -0.2) is 16.4 Å².